The van der Waals surface area contributed by atoms with E-state index in [2.05, 4.69) is 10.3 Å². The second kappa shape index (κ2) is 11.3. The van der Waals surface area contributed by atoms with Gasteiger partial charge in [-0.1, -0.05) is 30.3 Å². The summed E-state index contributed by atoms with van der Waals surface area (Å²) in [5.74, 6) is 1.87. The minimum Gasteiger partial charge on any atom is -0.493 e. The van der Waals surface area contributed by atoms with Gasteiger partial charge >= 0.3 is 0 Å². The second-order valence-corrected chi connectivity index (χ2v) is 6.30. The molecule has 0 saturated carbocycles. The van der Waals surface area contributed by atoms with Gasteiger partial charge in [-0.15, -0.1) is 0 Å². The van der Waals surface area contributed by atoms with Gasteiger partial charge in [-0.05, 0) is 48.0 Å². The first-order valence-electron chi connectivity index (χ1n) is 9.59. The Balaban J connectivity index is 1.39. The number of hydrogen-bond acceptors (Lipinski definition) is 5. The third kappa shape index (κ3) is 6.67. The fourth-order valence-electron chi connectivity index (χ4n) is 2.62. The monoisotopic (exact) mass is 404 g/mol. The third-order valence-corrected chi connectivity index (χ3v) is 4.15. The summed E-state index contributed by atoms with van der Waals surface area (Å²) in [5, 5.41) is 2.79. The largest absolute Gasteiger partial charge is 0.493 e. The van der Waals surface area contributed by atoms with Crippen LogP contribution in [0.4, 0.5) is 0 Å². The molecule has 0 spiro atoms. The van der Waals surface area contributed by atoms with Crippen LogP contribution in [-0.4, -0.2) is 31.2 Å². The first-order valence-corrected chi connectivity index (χ1v) is 9.59. The predicted molar refractivity (Wildman–Crippen MR) is 116 cm³/mol. The summed E-state index contributed by atoms with van der Waals surface area (Å²) in [4.78, 5) is 16.2. The van der Waals surface area contributed by atoms with Crippen LogP contribution in [-0.2, 0) is 11.4 Å². The zero-order valence-electron chi connectivity index (χ0n) is 16.8. The Labute approximate surface area is 176 Å². The number of ether oxygens (including phenoxy) is 3. The van der Waals surface area contributed by atoms with Gasteiger partial charge in [0, 0.05) is 12.3 Å². The van der Waals surface area contributed by atoms with E-state index in [1.807, 2.05) is 66.7 Å². The number of nitrogens with zero attached hydrogens (tertiary/aromatic N) is 1. The van der Waals surface area contributed by atoms with E-state index in [-0.39, 0.29) is 5.91 Å². The van der Waals surface area contributed by atoms with Crippen LogP contribution >= 0.6 is 0 Å². The summed E-state index contributed by atoms with van der Waals surface area (Å²) in [6.07, 6.45) is 4.98. The number of carbonyl (C=O) groups is 1. The highest BCUT2D eigenvalue weighted by Crippen LogP contribution is 2.25. The van der Waals surface area contributed by atoms with Gasteiger partial charge in [0.2, 0.25) is 5.91 Å². The highest BCUT2D eigenvalue weighted by Gasteiger charge is 2.02. The smallest absolute Gasteiger partial charge is 0.244 e. The Morgan fingerprint density at radius 1 is 0.967 bits per heavy atom. The molecule has 6 nitrogen and oxygen atoms in total. The molecule has 0 radical (unpaired) electrons. The van der Waals surface area contributed by atoms with E-state index < -0.39 is 0 Å². The van der Waals surface area contributed by atoms with Crippen molar-refractivity contribution in [3.8, 4) is 17.2 Å². The van der Waals surface area contributed by atoms with E-state index in [0.717, 1.165) is 17.0 Å². The van der Waals surface area contributed by atoms with Crippen molar-refractivity contribution in [3.63, 3.8) is 0 Å². The van der Waals surface area contributed by atoms with E-state index in [1.165, 1.54) is 6.08 Å². The molecule has 0 aliphatic rings. The lowest BCUT2D eigenvalue weighted by molar-refractivity contribution is -0.116. The molecule has 1 amide bonds. The van der Waals surface area contributed by atoms with Crippen LogP contribution in [0.15, 0.2) is 79.0 Å². The van der Waals surface area contributed by atoms with Crippen molar-refractivity contribution >= 4 is 12.0 Å². The molecule has 1 aromatic heterocycles. The number of para-hydroxylation sites is 2. The number of benzene rings is 2. The zero-order valence-corrected chi connectivity index (χ0v) is 16.8. The van der Waals surface area contributed by atoms with E-state index in [1.54, 1.807) is 19.4 Å². The molecule has 0 aliphatic heterocycles. The molecular formula is C24H24N2O4. The fraction of sp³-hybridized carbons (Fsp3) is 0.167. The normalized spacial score (nSPS) is 10.6. The van der Waals surface area contributed by atoms with Gasteiger partial charge in [0.25, 0.3) is 0 Å². The van der Waals surface area contributed by atoms with Crippen molar-refractivity contribution in [3.05, 3.63) is 90.3 Å². The Hall–Kier alpha value is -3.80. The highest BCUT2D eigenvalue weighted by atomic mass is 16.5. The molecule has 3 aromatic rings. The summed E-state index contributed by atoms with van der Waals surface area (Å²) in [6.45, 7) is 1.15. The summed E-state index contributed by atoms with van der Waals surface area (Å²) >= 11 is 0. The van der Waals surface area contributed by atoms with E-state index in [9.17, 15) is 4.79 Å². The number of hydrogen-bond donors (Lipinski definition) is 1. The SMILES string of the molecule is COc1ccccc1OCCNC(=O)C=Cc1ccc(OCc2ccccn2)cc1. The molecule has 1 heterocycles. The summed E-state index contributed by atoms with van der Waals surface area (Å²) in [5.41, 5.74) is 1.77. The number of nitrogens with one attached hydrogen (secondary N) is 1. The lowest BCUT2D eigenvalue weighted by Gasteiger charge is -2.10. The lowest BCUT2D eigenvalue weighted by atomic mass is 10.2. The Bertz CT molecular complexity index is 956. The highest BCUT2D eigenvalue weighted by molar-refractivity contribution is 5.91. The first kappa shape index (κ1) is 20.9. The average Bonchev–Trinajstić information content (AvgIpc) is 2.80. The molecule has 154 valence electrons. The molecule has 0 unspecified atom stereocenters. The predicted octanol–water partition coefficient (Wildman–Crippen LogP) is 3.88. The molecular weight excluding hydrogens is 380 g/mol. The summed E-state index contributed by atoms with van der Waals surface area (Å²) in [6, 6.07) is 20.6. The summed E-state index contributed by atoms with van der Waals surface area (Å²) in [7, 11) is 1.59. The Morgan fingerprint density at radius 3 is 2.47 bits per heavy atom. The van der Waals surface area contributed by atoms with Crippen molar-refractivity contribution in [2.24, 2.45) is 0 Å². The van der Waals surface area contributed by atoms with Crippen LogP contribution in [0.25, 0.3) is 6.08 Å². The van der Waals surface area contributed by atoms with Crippen molar-refractivity contribution < 1.29 is 19.0 Å². The third-order valence-electron chi connectivity index (χ3n) is 4.15. The Morgan fingerprint density at radius 2 is 1.73 bits per heavy atom. The number of methoxy groups -OCH3 is 1. The van der Waals surface area contributed by atoms with Crippen LogP contribution in [0.3, 0.4) is 0 Å². The van der Waals surface area contributed by atoms with Crippen LogP contribution in [0.1, 0.15) is 11.3 Å². The topological polar surface area (TPSA) is 69.7 Å². The summed E-state index contributed by atoms with van der Waals surface area (Å²) < 4.78 is 16.6. The maximum atomic E-state index is 12.0. The average molecular weight is 404 g/mol. The first-order chi connectivity index (χ1) is 14.7. The molecule has 6 heteroatoms. The quantitative estimate of drug-likeness (QED) is 0.410. The molecule has 0 aliphatic carbocycles. The van der Waals surface area contributed by atoms with E-state index in [0.29, 0.717) is 31.3 Å². The molecule has 0 fully saturated rings. The second-order valence-electron chi connectivity index (χ2n) is 6.30. The number of pyridine rings is 1. The molecule has 3 rings (SSSR count). The lowest BCUT2D eigenvalue weighted by Crippen LogP contribution is -2.26. The van der Waals surface area contributed by atoms with Crippen molar-refractivity contribution in [2.75, 3.05) is 20.3 Å². The van der Waals surface area contributed by atoms with Crippen molar-refractivity contribution in [1.82, 2.24) is 10.3 Å². The van der Waals surface area contributed by atoms with Gasteiger partial charge < -0.3 is 19.5 Å². The van der Waals surface area contributed by atoms with Crippen molar-refractivity contribution in [2.45, 2.75) is 6.61 Å². The maximum absolute atomic E-state index is 12.0. The fourth-order valence-corrected chi connectivity index (χ4v) is 2.62. The van der Waals surface area contributed by atoms with Crippen LogP contribution in [0.2, 0.25) is 0 Å². The minimum absolute atomic E-state index is 0.186. The maximum Gasteiger partial charge on any atom is 0.244 e. The van der Waals surface area contributed by atoms with Gasteiger partial charge in [-0.25, -0.2) is 0 Å². The van der Waals surface area contributed by atoms with Crippen molar-refractivity contribution in [1.29, 1.82) is 0 Å². The number of amides is 1. The van der Waals surface area contributed by atoms with Gasteiger partial charge in [-0.3, -0.25) is 9.78 Å². The number of rotatable bonds is 10. The van der Waals surface area contributed by atoms with Gasteiger partial charge in [0.05, 0.1) is 19.3 Å². The molecule has 0 saturated heterocycles. The molecule has 30 heavy (non-hydrogen) atoms. The molecule has 0 atom stereocenters. The minimum atomic E-state index is -0.186. The van der Waals surface area contributed by atoms with E-state index in [4.69, 9.17) is 14.2 Å². The number of carbonyl (C=O) groups excluding carboxylic acids is 1. The van der Waals surface area contributed by atoms with Gasteiger partial charge in [0.1, 0.15) is 19.0 Å². The van der Waals surface area contributed by atoms with Crippen LogP contribution < -0.4 is 19.5 Å². The Kier molecular flexibility index (Phi) is 7.85. The molecule has 0 bridgehead atoms. The van der Waals surface area contributed by atoms with Crippen LogP contribution in [0.5, 0.6) is 17.2 Å². The molecule has 2 aromatic carbocycles. The van der Waals surface area contributed by atoms with E-state index >= 15 is 0 Å². The standard InChI is InChI=1S/C24H24N2O4/c1-28-22-7-2-3-8-23(22)29-17-16-26-24(27)14-11-19-9-12-21(13-10-19)30-18-20-6-4-5-15-25-20/h2-15H,16-18H2,1H3,(H,26,27). The van der Waals surface area contributed by atoms with Crippen LogP contribution in [0, 0.1) is 0 Å². The van der Waals surface area contributed by atoms with Gasteiger partial charge in [-0.2, -0.15) is 0 Å². The molecule has 1 N–H and O–H groups in total. The zero-order chi connectivity index (χ0) is 21.0. The van der Waals surface area contributed by atoms with Gasteiger partial charge in [0.15, 0.2) is 11.5 Å². The number of aromatic nitrogens is 1.